The topological polar surface area (TPSA) is 109 Å². The Bertz CT molecular complexity index is 531. The predicted octanol–water partition coefficient (Wildman–Crippen LogP) is 0.477. The maximum absolute atomic E-state index is 13.2. The minimum absolute atomic E-state index is 0.372. The zero-order chi connectivity index (χ0) is 13.9. The molecule has 0 radical (unpaired) electrons. The fourth-order valence-electron chi connectivity index (χ4n) is 1.17. The molecule has 0 bridgehead atoms. The van der Waals surface area contributed by atoms with Gasteiger partial charge in [-0.15, -0.1) is 0 Å². The van der Waals surface area contributed by atoms with Crippen molar-refractivity contribution in [1.29, 1.82) is 0 Å². The molecule has 0 spiro atoms. The molecule has 0 aliphatic carbocycles. The van der Waals surface area contributed by atoms with Crippen molar-refractivity contribution in [2.45, 2.75) is 6.42 Å². The van der Waals surface area contributed by atoms with E-state index < -0.39 is 47.1 Å². The second-order valence-corrected chi connectivity index (χ2v) is 3.29. The lowest BCUT2D eigenvalue weighted by atomic mass is 10.1. The number of hydrogen-bond acceptors (Lipinski definition) is 3. The number of carbonyl (C=O) groups excluding carboxylic acids is 2. The van der Waals surface area contributed by atoms with Crippen molar-refractivity contribution in [3.05, 3.63) is 29.3 Å². The lowest BCUT2D eigenvalue weighted by molar-refractivity contribution is -0.139. The highest BCUT2D eigenvalue weighted by molar-refractivity contribution is 6.02. The highest BCUT2D eigenvalue weighted by Gasteiger charge is 2.16. The number of aliphatic carboxylic acids is 1. The summed E-state index contributed by atoms with van der Waals surface area (Å²) in [6.07, 6.45) is -0.886. The van der Waals surface area contributed by atoms with Crippen LogP contribution in [-0.2, 0) is 9.59 Å². The summed E-state index contributed by atoms with van der Waals surface area (Å²) < 4.78 is 26.3. The molecule has 1 rings (SSSR count). The molecule has 0 unspecified atom stereocenters. The van der Waals surface area contributed by atoms with E-state index in [-0.39, 0.29) is 0 Å². The van der Waals surface area contributed by atoms with Gasteiger partial charge in [0.05, 0.1) is 11.3 Å². The van der Waals surface area contributed by atoms with E-state index in [2.05, 4.69) is 0 Å². The number of hydrogen-bond donors (Lipinski definition) is 3. The summed E-state index contributed by atoms with van der Waals surface area (Å²) in [5, 5.41) is 10.2. The van der Waals surface area contributed by atoms with Crippen molar-refractivity contribution in [3.8, 4) is 0 Å². The summed E-state index contributed by atoms with van der Waals surface area (Å²) in [7, 11) is 0. The number of carboxylic acids is 1. The van der Waals surface area contributed by atoms with Crippen LogP contribution in [0, 0.1) is 11.6 Å². The van der Waals surface area contributed by atoms with Crippen molar-refractivity contribution in [3.63, 3.8) is 0 Å². The van der Waals surface area contributed by atoms with Crippen LogP contribution in [0.1, 0.15) is 16.8 Å². The highest BCUT2D eigenvalue weighted by atomic mass is 19.1. The zero-order valence-corrected chi connectivity index (χ0v) is 8.87. The monoisotopic (exact) mass is 258 g/mol. The van der Waals surface area contributed by atoms with Crippen LogP contribution in [0.15, 0.2) is 12.1 Å². The molecule has 2 amide bonds. The Morgan fingerprint density at radius 2 is 1.83 bits per heavy atom. The Kier molecular flexibility index (Phi) is 3.93. The Hall–Kier alpha value is -2.51. The SMILES string of the molecule is NC(=O)c1cc(NC(=O)CC(=O)O)c(F)cc1F. The number of benzene rings is 1. The van der Waals surface area contributed by atoms with Crippen LogP contribution in [0.3, 0.4) is 0 Å². The number of nitrogens with two attached hydrogens (primary N) is 1. The van der Waals surface area contributed by atoms with Gasteiger partial charge in [0.15, 0.2) is 0 Å². The lowest BCUT2D eigenvalue weighted by Crippen LogP contribution is -2.19. The average molecular weight is 258 g/mol. The maximum Gasteiger partial charge on any atom is 0.312 e. The van der Waals surface area contributed by atoms with Gasteiger partial charge in [-0.25, -0.2) is 8.78 Å². The minimum atomic E-state index is -1.41. The van der Waals surface area contributed by atoms with Crippen LogP contribution in [-0.4, -0.2) is 22.9 Å². The summed E-state index contributed by atoms with van der Waals surface area (Å²) in [6, 6.07) is 1.07. The molecule has 6 nitrogen and oxygen atoms in total. The number of amides is 2. The Morgan fingerprint density at radius 3 is 2.33 bits per heavy atom. The first-order valence-electron chi connectivity index (χ1n) is 4.61. The number of nitrogens with one attached hydrogen (secondary N) is 1. The minimum Gasteiger partial charge on any atom is -0.481 e. The van der Waals surface area contributed by atoms with Gasteiger partial charge in [0.25, 0.3) is 5.91 Å². The van der Waals surface area contributed by atoms with Gasteiger partial charge in [0, 0.05) is 6.07 Å². The molecule has 1 aromatic rings. The summed E-state index contributed by atoms with van der Waals surface area (Å²) >= 11 is 0. The van der Waals surface area contributed by atoms with Crippen LogP contribution in [0.25, 0.3) is 0 Å². The molecule has 0 saturated heterocycles. The van der Waals surface area contributed by atoms with Gasteiger partial charge in [-0.3, -0.25) is 14.4 Å². The van der Waals surface area contributed by atoms with E-state index in [4.69, 9.17) is 10.8 Å². The second-order valence-electron chi connectivity index (χ2n) is 3.29. The van der Waals surface area contributed by atoms with Gasteiger partial charge in [0.1, 0.15) is 18.1 Å². The van der Waals surface area contributed by atoms with E-state index in [0.29, 0.717) is 12.1 Å². The molecule has 8 heteroatoms. The number of primary amides is 1. The van der Waals surface area contributed by atoms with Crippen LogP contribution >= 0.6 is 0 Å². The molecule has 1 aromatic carbocycles. The molecule has 18 heavy (non-hydrogen) atoms. The highest BCUT2D eigenvalue weighted by Crippen LogP contribution is 2.19. The number of carbonyl (C=O) groups is 3. The van der Waals surface area contributed by atoms with E-state index in [1.54, 1.807) is 0 Å². The number of carboxylic acid groups (broad SMARTS) is 1. The standard InChI is InChI=1S/C10H8F2N2O4/c11-5-2-6(12)7(1-4(5)10(13)18)14-8(15)3-9(16)17/h1-2H,3H2,(H2,13,18)(H,14,15)(H,16,17). The van der Waals surface area contributed by atoms with Gasteiger partial charge in [-0.1, -0.05) is 0 Å². The van der Waals surface area contributed by atoms with Gasteiger partial charge in [-0.2, -0.15) is 0 Å². The third-order valence-corrected chi connectivity index (χ3v) is 1.91. The van der Waals surface area contributed by atoms with Crippen molar-refractivity contribution in [2.75, 3.05) is 5.32 Å². The van der Waals surface area contributed by atoms with E-state index >= 15 is 0 Å². The van der Waals surface area contributed by atoms with Crippen molar-refractivity contribution in [2.24, 2.45) is 5.73 Å². The summed E-state index contributed by atoms with van der Waals surface area (Å²) in [5.74, 6) is -5.87. The quantitative estimate of drug-likeness (QED) is 0.682. The molecule has 96 valence electrons. The first kappa shape index (κ1) is 13.6. The van der Waals surface area contributed by atoms with Crippen LogP contribution < -0.4 is 11.1 Å². The molecule has 0 saturated carbocycles. The van der Waals surface area contributed by atoms with Crippen molar-refractivity contribution >= 4 is 23.5 Å². The normalized spacial score (nSPS) is 9.89. The number of halogens is 2. The Labute approximate surface area is 99.4 Å². The van der Waals surface area contributed by atoms with Gasteiger partial charge < -0.3 is 16.2 Å². The largest absolute Gasteiger partial charge is 0.481 e. The van der Waals surface area contributed by atoms with Crippen molar-refractivity contribution < 1.29 is 28.3 Å². The number of anilines is 1. The van der Waals surface area contributed by atoms with E-state index in [0.717, 1.165) is 0 Å². The predicted molar refractivity (Wildman–Crippen MR) is 55.8 cm³/mol. The second kappa shape index (κ2) is 5.21. The molecule has 0 heterocycles. The molecule has 0 aliphatic rings. The van der Waals surface area contributed by atoms with Gasteiger partial charge in [-0.05, 0) is 6.07 Å². The van der Waals surface area contributed by atoms with E-state index in [1.165, 1.54) is 0 Å². The molecular weight excluding hydrogens is 250 g/mol. The molecular formula is C10H8F2N2O4. The fraction of sp³-hybridized carbons (Fsp3) is 0.100. The first-order valence-corrected chi connectivity index (χ1v) is 4.61. The zero-order valence-electron chi connectivity index (χ0n) is 8.87. The van der Waals surface area contributed by atoms with Crippen LogP contribution in [0.4, 0.5) is 14.5 Å². The van der Waals surface area contributed by atoms with E-state index in [1.807, 2.05) is 5.32 Å². The molecule has 0 aromatic heterocycles. The third-order valence-electron chi connectivity index (χ3n) is 1.91. The van der Waals surface area contributed by atoms with E-state index in [9.17, 15) is 23.2 Å². The first-order chi connectivity index (χ1) is 8.31. The molecule has 0 atom stereocenters. The van der Waals surface area contributed by atoms with Crippen LogP contribution in [0.5, 0.6) is 0 Å². The fourth-order valence-corrected chi connectivity index (χ4v) is 1.17. The lowest BCUT2D eigenvalue weighted by Gasteiger charge is -2.07. The van der Waals surface area contributed by atoms with Gasteiger partial charge in [0.2, 0.25) is 5.91 Å². The molecule has 0 aliphatic heterocycles. The Morgan fingerprint density at radius 1 is 1.22 bits per heavy atom. The third kappa shape index (κ3) is 3.24. The Balaban J connectivity index is 3.02. The summed E-state index contributed by atoms with van der Waals surface area (Å²) in [5.41, 5.74) is 3.71. The number of rotatable bonds is 4. The van der Waals surface area contributed by atoms with Crippen molar-refractivity contribution in [1.82, 2.24) is 0 Å². The summed E-state index contributed by atoms with van der Waals surface area (Å²) in [6.45, 7) is 0. The van der Waals surface area contributed by atoms with Gasteiger partial charge >= 0.3 is 5.97 Å². The average Bonchev–Trinajstić information content (AvgIpc) is 2.20. The molecule has 0 fully saturated rings. The van der Waals surface area contributed by atoms with Crippen LogP contribution in [0.2, 0.25) is 0 Å². The molecule has 4 N–H and O–H groups in total. The smallest absolute Gasteiger partial charge is 0.312 e. The maximum atomic E-state index is 13.2. The summed E-state index contributed by atoms with van der Waals surface area (Å²) in [4.78, 5) is 32.1.